The molecule has 0 aliphatic heterocycles. The molecule has 1 N–H and O–H groups in total. The fraction of sp³-hybridized carbons (Fsp3) is 0.200. The Morgan fingerprint density at radius 3 is 2.36 bits per heavy atom. The van der Waals surface area contributed by atoms with E-state index in [1.807, 2.05) is 30.3 Å². The molecule has 3 rings (SSSR count). The highest BCUT2D eigenvalue weighted by atomic mass is 32.2. The number of nitrogens with one attached hydrogen (secondary N) is 1. The molecule has 1 heterocycles. The van der Waals surface area contributed by atoms with Gasteiger partial charge in [-0.05, 0) is 23.3 Å². The third kappa shape index (κ3) is 4.65. The Balaban J connectivity index is 1.61. The first-order valence-electron chi connectivity index (χ1n) is 8.63. The van der Waals surface area contributed by atoms with Gasteiger partial charge in [0.05, 0.1) is 0 Å². The zero-order valence-corrected chi connectivity index (χ0v) is 16.4. The van der Waals surface area contributed by atoms with Crippen molar-refractivity contribution in [2.75, 3.05) is 14.1 Å². The van der Waals surface area contributed by atoms with Crippen molar-refractivity contribution in [1.82, 2.24) is 14.3 Å². The summed E-state index contributed by atoms with van der Waals surface area (Å²) in [4.78, 5) is 19.0. The molecule has 0 spiro atoms. The molecule has 1 aromatic heterocycles. The molecule has 0 atom stereocenters. The fourth-order valence-electron chi connectivity index (χ4n) is 2.48. The van der Waals surface area contributed by atoms with Crippen LogP contribution in [0.2, 0.25) is 0 Å². The summed E-state index contributed by atoms with van der Waals surface area (Å²) in [6, 6.07) is 17.0. The lowest BCUT2D eigenvalue weighted by Crippen LogP contribution is -2.22. The van der Waals surface area contributed by atoms with Gasteiger partial charge in [0.25, 0.3) is 10.0 Å². The van der Waals surface area contributed by atoms with Gasteiger partial charge in [0.1, 0.15) is 12.4 Å². The number of carbonyl (C=O) groups excluding carboxylic acids is 1. The predicted octanol–water partition coefficient (Wildman–Crippen LogP) is 2.66. The van der Waals surface area contributed by atoms with Crippen LogP contribution in [0.1, 0.15) is 21.7 Å². The number of ether oxygens (including phenoxy) is 1. The van der Waals surface area contributed by atoms with Crippen molar-refractivity contribution in [3.63, 3.8) is 0 Å². The van der Waals surface area contributed by atoms with Gasteiger partial charge >= 0.3 is 0 Å². The van der Waals surface area contributed by atoms with Crippen LogP contribution in [-0.4, -0.2) is 42.6 Å². The largest absolute Gasteiger partial charge is 0.489 e. The molecule has 146 valence electrons. The number of imidazole rings is 1. The summed E-state index contributed by atoms with van der Waals surface area (Å²) in [7, 11) is -0.856. The first-order chi connectivity index (χ1) is 13.4. The van der Waals surface area contributed by atoms with E-state index in [0.29, 0.717) is 12.4 Å². The van der Waals surface area contributed by atoms with E-state index >= 15 is 0 Å². The van der Waals surface area contributed by atoms with Crippen molar-refractivity contribution in [3.8, 4) is 5.75 Å². The van der Waals surface area contributed by atoms with Gasteiger partial charge in [-0.2, -0.15) is 0 Å². The Hall–Kier alpha value is -2.97. The molecule has 0 unspecified atom stereocenters. The van der Waals surface area contributed by atoms with Crippen LogP contribution in [0, 0.1) is 0 Å². The smallest absolute Gasteiger partial charge is 0.261 e. The highest BCUT2D eigenvalue weighted by Crippen LogP contribution is 2.16. The Labute approximate surface area is 164 Å². The molecule has 0 saturated heterocycles. The minimum Gasteiger partial charge on any atom is -0.489 e. The van der Waals surface area contributed by atoms with Gasteiger partial charge < -0.3 is 9.72 Å². The standard InChI is InChI=1S/C20H21N3O4S/c1-23(2)28(25,26)19-13-21-20(22-19)18(24)12-15-8-10-17(11-9-15)27-14-16-6-4-3-5-7-16/h3-11,13H,12,14H2,1-2H3,(H,21,22). The number of carbonyl (C=O) groups is 1. The number of hydrogen-bond acceptors (Lipinski definition) is 5. The highest BCUT2D eigenvalue weighted by Gasteiger charge is 2.22. The Morgan fingerprint density at radius 2 is 1.71 bits per heavy atom. The van der Waals surface area contributed by atoms with Crippen LogP contribution < -0.4 is 4.74 Å². The van der Waals surface area contributed by atoms with Crippen LogP contribution in [0.25, 0.3) is 0 Å². The highest BCUT2D eigenvalue weighted by molar-refractivity contribution is 7.89. The number of hydrogen-bond donors (Lipinski definition) is 1. The number of H-pyrrole nitrogens is 1. The van der Waals surface area contributed by atoms with E-state index < -0.39 is 10.0 Å². The minimum atomic E-state index is -3.68. The monoisotopic (exact) mass is 399 g/mol. The molecule has 3 aromatic rings. The molecule has 2 aromatic carbocycles. The van der Waals surface area contributed by atoms with E-state index in [1.165, 1.54) is 20.3 Å². The van der Waals surface area contributed by atoms with Gasteiger partial charge in [0.15, 0.2) is 10.9 Å². The Bertz CT molecular complexity index is 1040. The Morgan fingerprint density at radius 1 is 1.04 bits per heavy atom. The molecule has 8 heteroatoms. The second-order valence-corrected chi connectivity index (χ2v) is 8.49. The maximum Gasteiger partial charge on any atom is 0.261 e. The molecule has 0 aliphatic carbocycles. The number of sulfonamides is 1. The zero-order valence-electron chi connectivity index (χ0n) is 15.6. The minimum absolute atomic E-state index is 0.0184. The quantitative estimate of drug-likeness (QED) is 0.588. The summed E-state index contributed by atoms with van der Waals surface area (Å²) in [5.74, 6) is 0.431. The number of ketones is 1. The summed E-state index contributed by atoms with van der Waals surface area (Å²) in [5.41, 5.74) is 1.86. The van der Waals surface area contributed by atoms with Crippen LogP contribution in [0.3, 0.4) is 0 Å². The SMILES string of the molecule is CN(C)S(=O)(=O)c1c[nH]c(C(=O)Cc2ccc(OCc3ccccc3)cc2)n1. The third-order valence-corrected chi connectivity index (χ3v) is 5.80. The van der Waals surface area contributed by atoms with Crippen LogP contribution in [0.4, 0.5) is 0 Å². The van der Waals surface area contributed by atoms with Gasteiger partial charge in [-0.3, -0.25) is 4.79 Å². The summed E-state index contributed by atoms with van der Waals surface area (Å²) >= 11 is 0. The lowest BCUT2D eigenvalue weighted by molar-refractivity contribution is 0.0983. The topological polar surface area (TPSA) is 92.4 Å². The van der Waals surface area contributed by atoms with E-state index in [2.05, 4.69) is 9.97 Å². The normalized spacial score (nSPS) is 11.5. The zero-order chi connectivity index (χ0) is 20.1. The van der Waals surface area contributed by atoms with Crippen LogP contribution in [0.5, 0.6) is 5.75 Å². The van der Waals surface area contributed by atoms with Crippen molar-refractivity contribution < 1.29 is 17.9 Å². The average Bonchev–Trinajstić information content (AvgIpc) is 3.19. The maximum absolute atomic E-state index is 12.4. The Kier molecular flexibility index (Phi) is 5.91. The number of aromatic nitrogens is 2. The van der Waals surface area contributed by atoms with E-state index in [9.17, 15) is 13.2 Å². The molecule has 0 fully saturated rings. The molecule has 0 saturated carbocycles. The first kappa shape index (κ1) is 19.8. The van der Waals surface area contributed by atoms with Crippen molar-refractivity contribution in [1.29, 1.82) is 0 Å². The number of benzene rings is 2. The summed E-state index contributed by atoms with van der Waals surface area (Å²) in [5, 5.41) is -0.175. The molecule has 0 amide bonds. The lowest BCUT2D eigenvalue weighted by atomic mass is 10.1. The number of rotatable bonds is 8. The van der Waals surface area contributed by atoms with Crippen molar-refractivity contribution in [2.45, 2.75) is 18.1 Å². The van der Waals surface area contributed by atoms with Crippen molar-refractivity contribution in [3.05, 3.63) is 77.7 Å². The molecule has 0 radical (unpaired) electrons. The fourth-order valence-corrected chi connectivity index (χ4v) is 3.27. The number of Topliss-reactive ketones (excluding diaryl/α,β-unsaturated/α-hetero) is 1. The van der Waals surface area contributed by atoms with Gasteiger partial charge in [0.2, 0.25) is 5.78 Å². The van der Waals surface area contributed by atoms with Crippen LogP contribution in [0.15, 0.2) is 65.8 Å². The maximum atomic E-state index is 12.4. The van der Waals surface area contributed by atoms with E-state index in [-0.39, 0.29) is 23.1 Å². The average molecular weight is 399 g/mol. The van der Waals surface area contributed by atoms with Crippen molar-refractivity contribution >= 4 is 15.8 Å². The first-order valence-corrected chi connectivity index (χ1v) is 10.1. The number of aromatic amines is 1. The third-order valence-electron chi connectivity index (χ3n) is 4.10. The summed E-state index contributed by atoms with van der Waals surface area (Å²) in [6.45, 7) is 0.467. The van der Waals surface area contributed by atoms with Gasteiger partial charge in [-0.25, -0.2) is 17.7 Å². The molecule has 28 heavy (non-hydrogen) atoms. The predicted molar refractivity (Wildman–Crippen MR) is 105 cm³/mol. The lowest BCUT2D eigenvalue weighted by Gasteiger charge is -2.07. The molecule has 0 bridgehead atoms. The molecule has 7 nitrogen and oxygen atoms in total. The van der Waals surface area contributed by atoms with Crippen molar-refractivity contribution in [2.24, 2.45) is 0 Å². The second-order valence-electron chi connectivity index (χ2n) is 6.39. The van der Waals surface area contributed by atoms with Gasteiger partial charge in [-0.15, -0.1) is 0 Å². The molecular formula is C20H21N3O4S. The molecular weight excluding hydrogens is 378 g/mol. The second kappa shape index (κ2) is 8.37. The van der Waals surface area contributed by atoms with E-state index in [1.54, 1.807) is 24.3 Å². The van der Waals surface area contributed by atoms with Crippen LogP contribution >= 0.6 is 0 Å². The van der Waals surface area contributed by atoms with E-state index in [4.69, 9.17) is 4.74 Å². The summed E-state index contributed by atoms with van der Waals surface area (Å²) < 4.78 is 30.9. The summed E-state index contributed by atoms with van der Waals surface area (Å²) in [6.07, 6.45) is 1.33. The number of nitrogens with zero attached hydrogens (tertiary/aromatic N) is 2. The van der Waals surface area contributed by atoms with Gasteiger partial charge in [-0.1, -0.05) is 42.5 Å². The van der Waals surface area contributed by atoms with Gasteiger partial charge in [0, 0.05) is 26.7 Å². The van der Waals surface area contributed by atoms with Crippen LogP contribution in [-0.2, 0) is 23.1 Å². The van der Waals surface area contributed by atoms with E-state index in [0.717, 1.165) is 15.4 Å². The molecule has 0 aliphatic rings.